The molecule has 0 saturated carbocycles. The van der Waals surface area contributed by atoms with Crippen molar-refractivity contribution in [3.63, 3.8) is 0 Å². The van der Waals surface area contributed by atoms with E-state index in [-0.39, 0.29) is 30.6 Å². The van der Waals surface area contributed by atoms with E-state index in [1.54, 1.807) is 32.9 Å². The fourth-order valence-corrected chi connectivity index (χ4v) is 2.83. The molecule has 0 spiro atoms. The number of hydrogen-bond acceptors (Lipinski definition) is 5. The quantitative estimate of drug-likeness (QED) is 0.322. The predicted octanol–water partition coefficient (Wildman–Crippen LogP) is 4.97. The van der Waals surface area contributed by atoms with Gasteiger partial charge in [-0.25, -0.2) is 4.79 Å². The smallest absolute Gasteiger partial charge is 0.416 e. The number of nitrogens with one attached hydrogen (secondary N) is 1. The maximum atomic E-state index is 12.8. The normalized spacial score (nSPS) is 11.8. The van der Waals surface area contributed by atoms with E-state index in [4.69, 9.17) is 14.2 Å². The van der Waals surface area contributed by atoms with Crippen molar-refractivity contribution in [3.05, 3.63) is 70.5 Å². The molecule has 2 aromatic rings. The van der Waals surface area contributed by atoms with Crippen LogP contribution in [0.5, 0.6) is 5.75 Å². The van der Waals surface area contributed by atoms with Gasteiger partial charge in [0.1, 0.15) is 5.75 Å². The summed E-state index contributed by atoms with van der Waals surface area (Å²) in [5.74, 6) is -0.840. The van der Waals surface area contributed by atoms with E-state index in [9.17, 15) is 22.8 Å². The number of methoxy groups -OCH3 is 1. The molecule has 0 bridgehead atoms. The van der Waals surface area contributed by atoms with Gasteiger partial charge in [-0.3, -0.25) is 4.79 Å². The van der Waals surface area contributed by atoms with E-state index in [2.05, 4.69) is 5.32 Å². The number of esters is 1. The molecule has 0 atom stereocenters. The van der Waals surface area contributed by atoms with Crippen LogP contribution >= 0.6 is 0 Å². The number of carbonyl (C=O) groups is 2. The summed E-state index contributed by atoms with van der Waals surface area (Å²) in [7, 11) is 1.41. The molecule has 0 aliphatic rings. The van der Waals surface area contributed by atoms with Crippen molar-refractivity contribution in [1.29, 1.82) is 0 Å². The Balaban J connectivity index is 2.23. The average Bonchev–Trinajstić information content (AvgIpc) is 2.76. The highest BCUT2D eigenvalue weighted by atomic mass is 19.4. The summed E-state index contributed by atoms with van der Waals surface area (Å²) in [6.45, 7) is 5.41. The Morgan fingerprint density at radius 2 is 1.76 bits per heavy atom. The SMILES string of the molecule is CCOC(=O)/C(=C/c1ccc(OC)c(C(=O)NCc2ccc(C(F)(F)F)cc2)c1)OC(C)C. The van der Waals surface area contributed by atoms with Gasteiger partial charge in [0, 0.05) is 6.54 Å². The van der Waals surface area contributed by atoms with Crippen molar-refractivity contribution in [2.75, 3.05) is 13.7 Å². The van der Waals surface area contributed by atoms with Gasteiger partial charge in [0.2, 0.25) is 5.76 Å². The monoisotopic (exact) mass is 465 g/mol. The third-order valence-corrected chi connectivity index (χ3v) is 4.34. The maximum absolute atomic E-state index is 12.8. The molecule has 33 heavy (non-hydrogen) atoms. The van der Waals surface area contributed by atoms with E-state index in [0.29, 0.717) is 16.9 Å². The van der Waals surface area contributed by atoms with Crippen LogP contribution in [0.1, 0.15) is 47.8 Å². The second-order valence-electron chi connectivity index (χ2n) is 7.23. The zero-order valence-electron chi connectivity index (χ0n) is 18.8. The second-order valence-corrected chi connectivity index (χ2v) is 7.23. The van der Waals surface area contributed by atoms with Gasteiger partial charge in [-0.1, -0.05) is 18.2 Å². The van der Waals surface area contributed by atoms with Crippen molar-refractivity contribution < 1.29 is 37.0 Å². The third kappa shape index (κ3) is 7.55. The van der Waals surface area contributed by atoms with Crippen LogP contribution in [0.4, 0.5) is 13.2 Å². The van der Waals surface area contributed by atoms with E-state index >= 15 is 0 Å². The van der Waals surface area contributed by atoms with E-state index in [1.807, 2.05) is 0 Å². The number of amides is 1. The summed E-state index contributed by atoms with van der Waals surface area (Å²) in [4.78, 5) is 24.9. The van der Waals surface area contributed by atoms with Crippen molar-refractivity contribution in [2.24, 2.45) is 0 Å². The molecule has 0 fully saturated rings. The molecule has 1 amide bonds. The van der Waals surface area contributed by atoms with E-state index in [0.717, 1.165) is 12.1 Å². The van der Waals surface area contributed by atoms with Crippen LogP contribution in [0.25, 0.3) is 6.08 Å². The van der Waals surface area contributed by atoms with Crippen molar-refractivity contribution >= 4 is 18.0 Å². The molecule has 0 saturated heterocycles. The average molecular weight is 465 g/mol. The van der Waals surface area contributed by atoms with Crippen LogP contribution < -0.4 is 10.1 Å². The maximum Gasteiger partial charge on any atom is 0.416 e. The van der Waals surface area contributed by atoms with Crippen LogP contribution in [0.3, 0.4) is 0 Å². The van der Waals surface area contributed by atoms with Gasteiger partial charge < -0.3 is 19.5 Å². The van der Waals surface area contributed by atoms with Gasteiger partial charge in [-0.2, -0.15) is 13.2 Å². The Morgan fingerprint density at radius 1 is 1.09 bits per heavy atom. The Morgan fingerprint density at radius 3 is 2.30 bits per heavy atom. The van der Waals surface area contributed by atoms with E-state index < -0.39 is 23.6 Å². The van der Waals surface area contributed by atoms with Gasteiger partial charge in [0.25, 0.3) is 5.91 Å². The first kappa shape index (κ1) is 25.8. The molecule has 0 unspecified atom stereocenters. The van der Waals surface area contributed by atoms with Crippen LogP contribution in [0.2, 0.25) is 0 Å². The van der Waals surface area contributed by atoms with Crippen LogP contribution in [0.15, 0.2) is 48.2 Å². The number of carbonyl (C=O) groups excluding carboxylic acids is 2. The second kappa shape index (κ2) is 11.4. The summed E-state index contributed by atoms with van der Waals surface area (Å²) in [5.41, 5.74) is 0.422. The summed E-state index contributed by atoms with van der Waals surface area (Å²) < 4.78 is 53.9. The minimum absolute atomic E-state index is 0.00636. The zero-order valence-corrected chi connectivity index (χ0v) is 18.8. The van der Waals surface area contributed by atoms with Gasteiger partial charge in [0.05, 0.1) is 30.9 Å². The number of alkyl halides is 3. The Kier molecular flexibility index (Phi) is 8.90. The van der Waals surface area contributed by atoms with Crippen molar-refractivity contribution in [1.82, 2.24) is 5.32 Å². The number of hydrogen-bond donors (Lipinski definition) is 1. The lowest BCUT2D eigenvalue weighted by Crippen LogP contribution is -2.23. The molecule has 2 rings (SSSR count). The standard InChI is InChI=1S/C24H26F3NO5/c1-5-32-23(30)21(33-15(2)3)13-17-8-11-20(31-4)19(12-17)22(29)28-14-16-6-9-18(10-7-16)24(25,26)27/h6-13,15H,5,14H2,1-4H3,(H,28,29)/b21-13-. The first-order valence-electron chi connectivity index (χ1n) is 10.2. The molecule has 1 N–H and O–H groups in total. The molecule has 178 valence electrons. The predicted molar refractivity (Wildman–Crippen MR) is 116 cm³/mol. The van der Waals surface area contributed by atoms with E-state index in [1.165, 1.54) is 31.4 Å². The van der Waals surface area contributed by atoms with Gasteiger partial charge >= 0.3 is 12.1 Å². The lowest BCUT2D eigenvalue weighted by molar-refractivity contribution is -0.143. The lowest BCUT2D eigenvalue weighted by atomic mass is 10.1. The molecule has 0 radical (unpaired) electrons. The first-order valence-corrected chi connectivity index (χ1v) is 10.2. The highest BCUT2D eigenvalue weighted by molar-refractivity contribution is 5.98. The molecule has 9 heteroatoms. The van der Waals surface area contributed by atoms with Crippen LogP contribution in [0, 0.1) is 0 Å². The Bertz CT molecular complexity index is 998. The van der Waals surface area contributed by atoms with Crippen LogP contribution in [-0.4, -0.2) is 31.7 Å². The highest BCUT2D eigenvalue weighted by Gasteiger charge is 2.29. The molecular formula is C24H26F3NO5. The summed E-state index contributed by atoms with van der Waals surface area (Å²) >= 11 is 0. The van der Waals surface area contributed by atoms with Crippen LogP contribution in [-0.2, 0) is 27.0 Å². The molecule has 0 aliphatic heterocycles. The first-order chi connectivity index (χ1) is 15.5. The molecule has 0 aromatic heterocycles. The highest BCUT2D eigenvalue weighted by Crippen LogP contribution is 2.29. The molecular weight excluding hydrogens is 439 g/mol. The Labute approximate surface area is 190 Å². The minimum atomic E-state index is -4.43. The molecule has 6 nitrogen and oxygen atoms in total. The fourth-order valence-electron chi connectivity index (χ4n) is 2.83. The number of benzene rings is 2. The number of halogens is 3. The van der Waals surface area contributed by atoms with Gasteiger partial charge in [-0.05, 0) is 62.2 Å². The number of rotatable bonds is 9. The lowest BCUT2D eigenvalue weighted by Gasteiger charge is -2.14. The third-order valence-electron chi connectivity index (χ3n) is 4.34. The van der Waals surface area contributed by atoms with Gasteiger partial charge in [-0.15, -0.1) is 0 Å². The van der Waals surface area contributed by atoms with Gasteiger partial charge in [0.15, 0.2) is 0 Å². The zero-order chi connectivity index (χ0) is 24.6. The topological polar surface area (TPSA) is 73.9 Å². The van der Waals surface area contributed by atoms with Crippen molar-refractivity contribution in [3.8, 4) is 5.75 Å². The summed E-state index contributed by atoms with van der Waals surface area (Å²) in [6, 6.07) is 9.25. The summed E-state index contributed by atoms with van der Waals surface area (Å²) in [5, 5.41) is 2.66. The number of ether oxygens (including phenoxy) is 3. The molecule has 0 heterocycles. The minimum Gasteiger partial charge on any atom is -0.496 e. The van der Waals surface area contributed by atoms with Crippen molar-refractivity contribution in [2.45, 2.75) is 39.6 Å². The molecule has 0 aliphatic carbocycles. The summed E-state index contributed by atoms with van der Waals surface area (Å²) in [6.07, 6.45) is -3.24. The Hall–Kier alpha value is -3.49. The molecule has 2 aromatic carbocycles. The largest absolute Gasteiger partial charge is 0.496 e. The fraction of sp³-hybridized carbons (Fsp3) is 0.333.